The largest absolute Gasteiger partial charge is 0.255 e. The summed E-state index contributed by atoms with van der Waals surface area (Å²) in [5, 5.41) is 4.47. The molecule has 4 nitrogen and oxygen atoms in total. The summed E-state index contributed by atoms with van der Waals surface area (Å²) in [4.78, 5) is 5.04. The predicted octanol–water partition coefficient (Wildman–Crippen LogP) is 6.23. The Morgan fingerprint density at radius 1 is 0.812 bits per heavy atom. The third-order valence-corrected chi connectivity index (χ3v) is 8.12. The summed E-state index contributed by atoms with van der Waals surface area (Å²) in [5.41, 5.74) is 2.40. The van der Waals surface area contributed by atoms with Crippen molar-refractivity contribution < 1.29 is 8.42 Å². The Kier molecular flexibility index (Phi) is 5.53. The lowest BCUT2D eigenvalue weighted by Crippen LogP contribution is -2.35. The molecule has 1 aliphatic rings. The van der Waals surface area contributed by atoms with Crippen molar-refractivity contribution in [2.45, 2.75) is 31.1 Å². The van der Waals surface area contributed by atoms with Crippen LogP contribution in [0.1, 0.15) is 30.4 Å². The van der Waals surface area contributed by atoms with Crippen molar-refractivity contribution in [2.24, 2.45) is 4.99 Å². The summed E-state index contributed by atoms with van der Waals surface area (Å²) in [6.45, 7) is 3.07. The van der Waals surface area contributed by atoms with Crippen molar-refractivity contribution in [2.75, 3.05) is 13.1 Å². The van der Waals surface area contributed by atoms with E-state index in [0.717, 1.165) is 51.9 Å². The molecule has 1 heterocycles. The van der Waals surface area contributed by atoms with Crippen LogP contribution in [0.2, 0.25) is 0 Å². The summed E-state index contributed by atoms with van der Waals surface area (Å²) >= 11 is 0. The van der Waals surface area contributed by atoms with E-state index in [1.54, 1.807) is 10.4 Å². The monoisotopic (exact) mass is 442 g/mol. The van der Waals surface area contributed by atoms with Crippen molar-refractivity contribution in [3.05, 3.63) is 83.9 Å². The molecule has 0 saturated carbocycles. The minimum absolute atomic E-state index is 0.292. The fourth-order valence-electron chi connectivity index (χ4n) is 4.50. The zero-order chi connectivity index (χ0) is 22.1. The number of hydrogen-bond donors (Lipinski definition) is 0. The molecule has 5 heteroatoms. The molecule has 162 valence electrons. The number of aliphatic imine (C=N–C) groups is 1. The highest BCUT2D eigenvalue weighted by atomic mass is 32.2. The van der Waals surface area contributed by atoms with E-state index in [0.29, 0.717) is 23.7 Å². The number of nitrogens with zero attached hydrogens (tertiary/aromatic N) is 2. The number of hydrogen-bond acceptors (Lipinski definition) is 3. The van der Waals surface area contributed by atoms with Gasteiger partial charge in [-0.1, -0.05) is 61.0 Å². The van der Waals surface area contributed by atoms with E-state index in [4.69, 9.17) is 4.99 Å². The first-order valence-corrected chi connectivity index (χ1v) is 12.5. The Bertz CT molecular complexity index is 1380. The molecular weight excluding hydrogens is 416 g/mol. The molecule has 4 aromatic rings. The van der Waals surface area contributed by atoms with Crippen LogP contribution < -0.4 is 0 Å². The fourth-order valence-corrected chi connectivity index (χ4v) is 6.24. The van der Waals surface area contributed by atoms with E-state index < -0.39 is 10.0 Å². The summed E-state index contributed by atoms with van der Waals surface area (Å²) in [6.07, 6.45) is 4.72. The van der Waals surface area contributed by atoms with Crippen LogP contribution >= 0.6 is 0 Å². The zero-order valence-electron chi connectivity index (χ0n) is 18.2. The summed E-state index contributed by atoms with van der Waals surface area (Å²) in [6, 6.07) is 24.1. The van der Waals surface area contributed by atoms with E-state index in [9.17, 15) is 8.42 Å². The van der Waals surface area contributed by atoms with Gasteiger partial charge in [0.2, 0.25) is 10.0 Å². The first-order chi connectivity index (χ1) is 15.5. The van der Waals surface area contributed by atoms with Gasteiger partial charge >= 0.3 is 0 Å². The van der Waals surface area contributed by atoms with Crippen molar-refractivity contribution in [3.63, 3.8) is 0 Å². The van der Waals surface area contributed by atoms with Gasteiger partial charge in [0.15, 0.2) is 0 Å². The Labute approximate surface area is 189 Å². The van der Waals surface area contributed by atoms with Crippen molar-refractivity contribution in [1.82, 2.24) is 4.31 Å². The molecule has 0 aromatic heterocycles. The van der Waals surface area contributed by atoms with Crippen LogP contribution in [0.4, 0.5) is 5.69 Å². The first-order valence-electron chi connectivity index (χ1n) is 11.1. The number of piperidine rings is 1. The third kappa shape index (κ3) is 3.83. The SMILES string of the molecule is Cc1ccc(N=Cc2c3ccccc3cc3ccccc23)c(S(=O)(=O)N2CCCCC2)c1. The smallest absolute Gasteiger partial charge is 0.245 e. The summed E-state index contributed by atoms with van der Waals surface area (Å²) < 4.78 is 28.5. The number of sulfonamides is 1. The summed E-state index contributed by atoms with van der Waals surface area (Å²) in [7, 11) is -3.58. The number of fused-ring (bicyclic) bond motifs is 2. The molecule has 0 bridgehead atoms. The average molecular weight is 443 g/mol. The van der Waals surface area contributed by atoms with E-state index in [1.807, 2.05) is 49.5 Å². The van der Waals surface area contributed by atoms with Crippen LogP contribution in [-0.2, 0) is 10.0 Å². The quantitative estimate of drug-likeness (QED) is 0.278. The summed E-state index contributed by atoms with van der Waals surface area (Å²) in [5.74, 6) is 0. The van der Waals surface area contributed by atoms with Crippen molar-refractivity contribution >= 4 is 43.5 Å². The normalized spacial score (nSPS) is 15.7. The molecular formula is C27H26N2O2S. The Hall–Kier alpha value is -3.02. The zero-order valence-corrected chi connectivity index (χ0v) is 19.0. The lowest BCUT2D eigenvalue weighted by molar-refractivity contribution is 0.347. The molecule has 0 atom stereocenters. The second kappa shape index (κ2) is 8.49. The molecule has 0 N–H and O–H groups in total. The second-order valence-corrected chi connectivity index (χ2v) is 10.3. The second-order valence-electron chi connectivity index (χ2n) is 8.43. The lowest BCUT2D eigenvalue weighted by atomic mass is 9.97. The average Bonchev–Trinajstić information content (AvgIpc) is 2.83. The molecule has 4 aromatic carbocycles. The van der Waals surface area contributed by atoms with Crippen LogP contribution in [-0.4, -0.2) is 32.0 Å². The molecule has 0 radical (unpaired) electrons. The van der Waals surface area contributed by atoms with Gasteiger partial charge in [0.1, 0.15) is 4.90 Å². The molecule has 1 aliphatic heterocycles. The van der Waals surface area contributed by atoms with Gasteiger partial charge in [-0.15, -0.1) is 0 Å². The molecule has 0 aliphatic carbocycles. The van der Waals surface area contributed by atoms with Crippen LogP contribution in [0.15, 0.2) is 82.7 Å². The van der Waals surface area contributed by atoms with Crippen LogP contribution in [0.3, 0.4) is 0 Å². The van der Waals surface area contributed by atoms with Gasteiger partial charge in [-0.25, -0.2) is 8.42 Å². The van der Waals surface area contributed by atoms with Crippen molar-refractivity contribution in [3.8, 4) is 0 Å². The van der Waals surface area contributed by atoms with E-state index in [-0.39, 0.29) is 0 Å². The van der Waals surface area contributed by atoms with Gasteiger partial charge in [0, 0.05) is 24.9 Å². The Balaban J connectivity index is 1.65. The van der Waals surface area contributed by atoms with E-state index in [2.05, 4.69) is 30.3 Å². The minimum atomic E-state index is -3.58. The Morgan fingerprint density at radius 2 is 1.44 bits per heavy atom. The standard InChI is InChI=1S/C27H26N2O2S/c1-20-13-14-26(27(17-20)32(30,31)29-15-7-2-8-16-29)28-19-25-23-11-5-3-9-21(23)18-22-10-4-6-12-24(22)25/h3-6,9-14,17-19H,2,7-8,15-16H2,1H3. The van der Waals surface area contributed by atoms with Crippen LogP contribution in [0.25, 0.3) is 21.5 Å². The molecule has 1 fully saturated rings. The maximum absolute atomic E-state index is 13.4. The van der Waals surface area contributed by atoms with Gasteiger partial charge in [0.25, 0.3) is 0 Å². The lowest BCUT2D eigenvalue weighted by Gasteiger charge is -2.26. The van der Waals surface area contributed by atoms with Gasteiger partial charge in [-0.2, -0.15) is 4.31 Å². The highest BCUT2D eigenvalue weighted by molar-refractivity contribution is 7.89. The van der Waals surface area contributed by atoms with Crippen LogP contribution in [0.5, 0.6) is 0 Å². The number of benzene rings is 4. The molecule has 1 saturated heterocycles. The molecule has 5 rings (SSSR count). The molecule has 0 amide bonds. The molecule has 32 heavy (non-hydrogen) atoms. The molecule has 0 spiro atoms. The maximum Gasteiger partial charge on any atom is 0.245 e. The van der Waals surface area contributed by atoms with E-state index >= 15 is 0 Å². The predicted molar refractivity (Wildman–Crippen MR) is 132 cm³/mol. The Morgan fingerprint density at radius 3 is 2.09 bits per heavy atom. The minimum Gasteiger partial charge on any atom is -0.255 e. The topological polar surface area (TPSA) is 49.7 Å². The van der Waals surface area contributed by atoms with Gasteiger partial charge in [-0.05, 0) is 65.1 Å². The number of aryl methyl sites for hydroxylation is 1. The first kappa shape index (κ1) is 20.9. The van der Waals surface area contributed by atoms with Gasteiger partial charge in [-0.3, -0.25) is 4.99 Å². The fraction of sp³-hybridized carbons (Fsp3) is 0.222. The highest BCUT2D eigenvalue weighted by Crippen LogP contribution is 2.32. The number of rotatable bonds is 4. The van der Waals surface area contributed by atoms with Crippen LogP contribution in [0, 0.1) is 6.92 Å². The highest BCUT2D eigenvalue weighted by Gasteiger charge is 2.28. The third-order valence-electron chi connectivity index (χ3n) is 6.19. The van der Waals surface area contributed by atoms with Crippen molar-refractivity contribution in [1.29, 1.82) is 0 Å². The molecule has 0 unspecified atom stereocenters. The van der Waals surface area contributed by atoms with Gasteiger partial charge in [0.05, 0.1) is 5.69 Å². The van der Waals surface area contributed by atoms with E-state index in [1.165, 1.54) is 0 Å². The maximum atomic E-state index is 13.4. The van der Waals surface area contributed by atoms with Gasteiger partial charge < -0.3 is 0 Å².